The molecular weight excluding hydrogens is 266 g/mol. The predicted octanol–water partition coefficient (Wildman–Crippen LogP) is 0.884. The number of benzene rings is 1. The van der Waals surface area contributed by atoms with Crippen LogP contribution in [0.25, 0.3) is 0 Å². The monoisotopic (exact) mass is 285 g/mol. The molecule has 2 rings (SSSR count). The Kier molecular flexibility index (Phi) is 4.93. The van der Waals surface area contributed by atoms with E-state index in [1.54, 1.807) is 18.2 Å². The third kappa shape index (κ3) is 3.76. The van der Waals surface area contributed by atoms with Gasteiger partial charge >= 0.3 is 0 Å². The Morgan fingerprint density at radius 2 is 1.95 bits per heavy atom. The third-order valence-corrected chi connectivity index (χ3v) is 4.86. The van der Waals surface area contributed by atoms with Crippen molar-refractivity contribution in [3.05, 3.63) is 29.8 Å². The SMILES string of the molecule is O=S(=O)(NCC1CCOCC1)c1ccccc1CO. The van der Waals surface area contributed by atoms with Crippen LogP contribution in [0.3, 0.4) is 0 Å². The van der Waals surface area contributed by atoms with Crippen molar-refractivity contribution in [1.82, 2.24) is 4.72 Å². The van der Waals surface area contributed by atoms with Crippen LogP contribution in [0.5, 0.6) is 0 Å². The fourth-order valence-corrected chi connectivity index (χ4v) is 3.50. The number of aliphatic hydroxyl groups excluding tert-OH is 1. The summed E-state index contributed by atoms with van der Waals surface area (Å²) >= 11 is 0. The highest BCUT2D eigenvalue weighted by Crippen LogP contribution is 2.17. The third-order valence-electron chi connectivity index (χ3n) is 3.34. The summed E-state index contributed by atoms with van der Waals surface area (Å²) in [5.41, 5.74) is 0.418. The number of hydrogen-bond donors (Lipinski definition) is 2. The molecule has 0 spiro atoms. The second-order valence-electron chi connectivity index (χ2n) is 4.67. The molecular formula is C13H19NO4S. The molecule has 0 atom stereocenters. The Hall–Kier alpha value is -0.950. The largest absolute Gasteiger partial charge is 0.392 e. The van der Waals surface area contributed by atoms with E-state index in [1.165, 1.54) is 6.07 Å². The molecule has 6 heteroatoms. The van der Waals surface area contributed by atoms with E-state index >= 15 is 0 Å². The van der Waals surface area contributed by atoms with Crippen molar-refractivity contribution >= 4 is 10.0 Å². The molecule has 1 saturated heterocycles. The van der Waals surface area contributed by atoms with Gasteiger partial charge in [0, 0.05) is 19.8 Å². The Morgan fingerprint density at radius 1 is 1.26 bits per heavy atom. The van der Waals surface area contributed by atoms with Crippen LogP contribution in [0, 0.1) is 5.92 Å². The van der Waals surface area contributed by atoms with Crippen LogP contribution in [0.15, 0.2) is 29.2 Å². The molecule has 2 N–H and O–H groups in total. The molecule has 0 aromatic heterocycles. The minimum atomic E-state index is -3.55. The smallest absolute Gasteiger partial charge is 0.240 e. The molecule has 1 aliphatic rings. The molecule has 0 bridgehead atoms. The average Bonchev–Trinajstić information content (AvgIpc) is 2.46. The van der Waals surface area contributed by atoms with E-state index in [4.69, 9.17) is 4.74 Å². The summed E-state index contributed by atoms with van der Waals surface area (Å²) in [6.45, 7) is 1.53. The van der Waals surface area contributed by atoms with Crippen molar-refractivity contribution in [1.29, 1.82) is 0 Å². The van der Waals surface area contributed by atoms with Gasteiger partial charge in [0.05, 0.1) is 11.5 Å². The molecule has 0 radical (unpaired) electrons. The van der Waals surface area contributed by atoms with Crippen molar-refractivity contribution in [2.45, 2.75) is 24.3 Å². The lowest BCUT2D eigenvalue weighted by molar-refractivity contribution is 0.0678. The van der Waals surface area contributed by atoms with Gasteiger partial charge in [0.15, 0.2) is 0 Å². The number of rotatable bonds is 5. The normalized spacial score (nSPS) is 17.5. The topological polar surface area (TPSA) is 75.6 Å². The Balaban J connectivity index is 2.05. The number of hydrogen-bond acceptors (Lipinski definition) is 4. The Bertz CT molecular complexity index is 509. The van der Waals surface area contributed by atoms with Crippen LogP contribution in [0.1, 0.15) is 18.4 Å². The van der Waals surface area contributed by atoms with Gasteiger partial charge < -0.3 is 9.84 Å². The summed E-state index contributed by atoms with van der Waals surface area (Å²) in [6.07, 6.45) is 1.76. The van der Waals surface area contributed by atoms with Crippen LogP contribution in [-0.4, -0.2) is 33.3 Å². The van der Waals surface area contributed by atoms with Crippen LogP contribution < -0.4 is 4.72 Å². The summed E-state index contributed by atoms with van der Waals surface area (Å²) < 4.78 is 32.3. The zero-order valence-electron chi connectivity index (χ0n) is 10.7. The molecule has 19 heavy (non-hydrogen) atoms. The van der Waals surface area contributed by atoms with Gasteiger partial charge in [0.1, 0.15) is 0 Å². The Labute approximate surface area is 113 Å². The minimum Gasteiger partial charge on any atom is -0.392 e. The zero-order valence-corrected chi connectivity index (χ0v) is 11.5. The number of aliphatic hydroxyl groups is 1. The van der Waals surface area contributed by atoms with Crippen LogP contribution in [0.4, 0.5) is 0 Å². The van der Waals surface area contributed by atoms with Gasteiger partial charge in [0.2, 0.25) is 10.0 Å². The van der Waals surface area contributed by atoms with Gasteiger partial charge in [-0.05, 0) is 30.4 Å². The maximum Gasteiger partial charge on any atom is 0.240 e. The van der Waals surface area contributed by atoms with Crippen molar-refractivity contribution in [2.24, 2.45) is 5.92 Å². The van der Waals surface area contributed by atoms with Crippen molar-refractivity contribution in [2.75, 3.05) is 19.8 Å². The molecule has 0 amide bonds. The molecule has 106 valence electrons. The minimum absolute atomic E-state index is 0.157. The van der Waals surface area contributed by atoms with E-state index in [-0.39, 0.29) is 11.5 Å². The van der Waals surface area contributed by atoms with E-state index in [2.05, 4.69) is 4.72 Å². The number of ether oxygens (including phenoxy) is 1. The maximum absolute atomic E-state index is 12.2. The van der Waals surface area contributed by atoms with Crippen LogP contribution in [-0.2, 0) is 21.4 Å². The molecule has 1 aromatic rings. The zero-order chi connectivity index (χ0) is 13.7. The summed E-state index contributed by atoms with van der Waals surface area (Å²) in [7, 11) is -3.55. The van der Waals surface area contributed by atoms with Gasteiger partial charge in [-0.25, -0.2) is 13.1 Å². The molecule has 1 aliphatic heterocycles. The van der Waals surface area contributed by atoms with E-state index in [0.29, 0.717) is 31.2 Å². The summed E-state index contributed by atoms with van der Waals surface area (Å²) in [5, 5.41) is 9.19. The fourth-order valence-electron chi connectivity index (χ4n) is 2.15. The van der Waals surface area contributed by atoms with Gasteiger partial charge in [-0.2, -0.15) is 0 Å². The fraction of sp³-hybridized carbons (Fsp3) is 0.538. The summed E-state index contributed by atoms with van der Waals surface area (Å²) in [6, 6.07) is 6.49. The molecule has 1 fully saturated rings. The van der Waals surface area contributed by atoms with E-state index in [9.17, 15) is 13.5 Å². The molecule has 1 heterocycles. The second kappa shape index (κ2) is 6.47. The first kappa shape index (κ1) is 14.5. The summed E-state index contributed by atoms with van der Waals surface area (Å²) in [4.78, 5) is 0.157. The van der Waals surface area contributed by atoms with Crippen molar-refractivity contribution in [3.63, 3.8) is 0 Å². The van der Waals surface area contributed by atoms with Gasteiger partial charge in [-0.1, -0.05) is 18.2 Å². The van der Waals surface area contributed by atoms with Gasteiger partial charge in [0.25, 0.3) is 0 Å². The molecule has 0 saturated carbocycles. The average molecular weight is 285 g/mol. The highest BCUT2D eigenvalue weighted by molar-refractivity contribution is 7.89. The molecule has 5 nitrogen and oxygen atoms in total. The number of sulfonamides is 1. The molecule has 0 aliphatic carbocycles. The molecule has 1 aromatic carbocycles. The number of nitrogens with one attached hydrogen (secondary N) is 1. The molecule has 0 unspecified atom stereocenters. The Morgan fingerprint density at radius 3 is 2.63 bits per heavy atom. The first-order chi connectivity index (χ1) is 9.13. The first-order valence-corrected chi connectivity index (χ1v) is 7.88. The lowest BCUT2D eigenvalue weighted by Crippen LogP contribution is -2.32. The van der Waals surface area contributed by atoms with Gasteiger partial charge in [-0.15, -0.1) is 0 Å². The highest BCUT2D eigenvalue weighted by atomic mass is 32.2. The lowest BCUT2D eigenvalue weighted by atomic mass is 10.0. The predicted molar refractivity (Wildman–Crippen MR) is 71.1 cm³/mol. The van der Waals surface area contributed by atoms with E-state index in [1.807, 2.05) is 0 Å². The van der Waals surface area contributed by atoms with E-state index < -0.39 is 10.0 Å². The van der Waals surface area contributed by atoms with Crippen LogP contribution >= 0.6 is 0 Å². The maximum atomic E-state index is 12.2. The van der Waals surface area contributed by atoms with Gasteiger partial charge in [-0.3, -0.25) is 0 Å². The van der Waals surface area contributed by atoms with E-state index in [0.717, 1.165) is 12.8 Å². The lowest BCUT2D eigenvalue weighted by Gasteiger charge is -2.22. The summed E-state index contributed by atoms with van der Waals surface area (Å²) in [5.74, 6) is 0.324. The standard InChI is InChI=1S/C13H19NO4S/c15-10-12-3-1-2-4-13(12)19(16,17)14-9-11-5-7-18-8-6-11/h1-4,11,14-15H,5-10H2. The van der Waals surface area contributed by atoms with Crippen molar-refractivity contribution < 1.29 is 18.3 Å². The van der Waals surface area contributed by atoms with Crippen LogP contribution in [0.2, 0.25) is 0 Å². The van der Waals surface area contributed by atoms with Crippen molar-refractivity contribution in [3.8, 4) is 0 Å². The first-order valence-electron chi connectivity index (χ1n) is 6.39. The quantitative estimate of drug-likeness (QED) is 0.842. The highest BCUT2D eigenvalue weighted by Gasteiger charge is 2.20. The second-order valence-corrected chi connectivity index (χ2v) is 6.41.